The lowest BCUT2D eigenvalue weighted by Gasteiger charge is -2.38. The molecule has 5 fully saturated rings. The minimum Gasteiger partial charge on any atom is -0.464 e. The first-order valence-corrected chi connectivity index (χ1v) is 22.4. The second-order valence-electron chi connectivity index (χ2n) is 17.9. The van der Waals surface area contributed by atoms with Gasteiger partial charge in [-0.3, -0.25) is 4.79 Å². The molecule has 0 aromatic rings. The van der Waals surface area contributed by atoms with Crippen LogP contribution in [0.2, 0.25) is 0 Å². The molecule has 5 rings (SSSR count). The van der Waals surface area contributed by atoms with E-state index in [1.54, 1.807) is 0 Å². The van der Waals surface area contributed by atoms with Gasteiger partial charge in [0, 0.05) is 8.90 Å². The van der Waals surface area contributed by atoms with Gasteiger partial charge in [0.15, 0.2) is 0 Å². The van der Waals surface area contributed by atoms with Crippen molar-refractivity contribution in [1.29, 1.82) is 0 Å². The van der Waals surface area contributed by atoms with Gasteiger partial charge in [0.1, 0.15) is 6.61 Å². The summed E-state index contributed by atoms with van der Waals surface area (Å²) in [5.74, 6) is 6.40. The Hall–Kier alpha value is -0.770. The maximum Gasteiger partial charge on any atom is 0.308 e. The molecule has 8 nitrogen and oxygen atoms in total. The number of nitrogens with zero attached hydrogens (tertiary/aromatic N) is 1. The van der Waals surface area contributed by atoms with E-state index in [9.17, 15) is 4.79 Å². The Morgan fingerprint density at radius 3 is 1.46 bits per heavy atom. The van der Waals surface area contributed by atoms with E-state index in [4.69, 9.17) is 14.6 Å². The highest BCUT2D eigenvalue weighted by molar-refractivity contribution is 5.72. The SMILES string of the molecule is CCCCCC1CCC(C2CCC(COON(CCOC(=O)C3CCC(C4CCC(CCCCC)CC4)CC3)C3CCCCC3)CC2)CC1.O.O.O.[HH].[HH]. The average Bonchev–Trinajstić information content (AvgIpc) is 3.16. The van der Waals surface area contributed by atoms with Crippen LogP contribution in [-0.2, 0) is 19.4 Å². The highest BCUT2D eigenvalue weighted by atomic mass is 17.3. The van der Waals surface area contributed by atoms with Crippen molar-refractivity contribution in [1.82, 2.24) is 5.06 Å². The lowest BCUT2D eigenvalue weighted by atomic mass is 9.68. The number of rotatable bonds is 19. The molecule has 0 aromatic heterocycles. The largest absolute Gasteiger partial charge is 0.464 e. The van der Waals surface area contributed by atoms with Crippen LogP contribution in [-0.4, -0.2) is 53.3 Å². The van der Waals surface area contributed by atoms with Crippen LogP contribution >= 0.6 is 0 Å². The monoisotopic (exact) mass is 744 g/mol. The van der Waals surface area contributed by atoms with Crippen LogP contribution in [0.25, 0.3) is 0 Å². The Balaban J connectivity index is 0.00000562. The van der Waals surface area contributed by atoms with Crippen molar-refractivity contribution in [2.24, 2.45) is 47.3 Å². The molecular formula is C44H89NO7. The highest BCUT2D eigenvalue weighted by Crippen LogP contribution is 2.44. The van der Waals surface area contributed by atoms with Crippen molar-refractivity contribution < 1.29 is 38.7 Å². The Morgan fingerprint density at radius 1 is 0.558 bits per heavy atom. The number of hydrogen-bond donors (Lipinski definition) is 0. The molecule has 0 atom stereocenters. The molecule has 0 unspecified atom stereocenters. The molecule has 5 aliphatic carbocycles. The van der Waals surface area contributed by atoms with Crippen LogP contribution in [0.15, 0.2) is 0 Å². The number of carbonyl (C=O) groups excluding carboxylic acids is 1. The number of hydroxylamine groups is 2. The van der Waals surface area contributed by atoms with Gasteiger partial charge in [-0.25, -0.2) is 4.89 Å². The molecule has 0 bridgehead atoms. The van der Waals surface area contributed by atoms with Gasteiger partial charge in [0.05, 0.1) is 19.1 Å². The Bertz CT molecular complexity index is 880. The fourth-order valence-electron chi connectivity index (χ4n) is 11.1. The minimum absolute atomic E-state index is 0. The third-order valence-corrected chi connectivity index (χ3v) is 14.5. The number of carbonyl (C=O) groups is 1. The minimum atomic E-state index is 0. The molecule has 52 heavy (non-hydrogen) atoms. The van der Waals surface area contributed by atoms with Gasteiger partial charge in [-0.2, -0.15) is 5.06 Å². The molecule has 0 amide bonds. The van der Waals surface area contributed by atoms with Gasteiger partial charge >= 0.3 is 5.97 Å². The fourth-order valence-corrected chi connectivity index (χ4v) is 11.1. The van der Waals surface area contributed by atoms with Crippen molar-refractivity contribution in [3.8, 4) is 0 Å². The number of hydrogen-bond acceptors (Lipinski definition) is 5. The van der Waals surface area contributed by atoms with Crippen molar-refractivity contribution in [3.63, 3.8) is 0 Å². The summed E-state index contributed by atoms with van der Waals surface area (Å²) in [5, 5.41) is 2.03. The smallest absolute Gasteiger partial charge is 0.308 e. The third-order valence-electron chi connectivity index (χ3n) is 14.5. The Labute approximate surface area is 322 Å². The molecule has 5 aliphatic rings. The predicted octanol–water partition coefficient (Wildman–Crippen LogP) is 10.4. The molecule has 0 spiro atoms. The van der Waals surface area contributed by atoms with E-state index in [-0.39, 0.29) is 31.2 Å². The zero-order chi connectivity index (χ0) is 34.1. The normalized spacial score (nSPS) is 31.5. The van der Waals surface area contributed by atoms with Crippen molar-refractivity contribution >= 4 is 5.97 Å². The molecular weight excluding hydrogens is 654 g/mol. The number of unbranched alkanes of at least 4 members (excludes halogenated alkanes) is 4. The van der Waals surface area contributed by atoms with Gasteiger partial charge in [0.25, 0.3) is 0 Å². The van der Waals surface area contributed by atoms with E-state index in [1.165, 1.54) is 161 Å². The molecule has 0 saturated heterocycles. The topological polar surface area (TPSA) is 142 Å². The third kappa shape index (κ3) is 15.8. The first kappa shape index (κ1) is 47.4. The molecule has 0 aromatic carbocycles. The van der Waals surface area contributed by atoms with Crippen LogP contribution in [0.4, 0.5) is 0 Å². The van der Waals surface area contributed by atoms with Crippen molar-refractivity contribution in [3.05, 3.63) is 0 Å². The quantitative estimate of drug-likeness (QED) is 0.0560. The van der Waals surface area contributed by atoms with Crippen molar-refractivity contribution in [2.45, 2.75) is 206 Å². The van der Waals surface area contributed by atoms with Crippen LogP contribution in [0.5, 0.6) is 0 Å². The van der Waals surface area contributed by atoms with E-state index < -0.39 is 0 Å². The van der Waals surface area contributed by atoms with E-state index in [1.807, 2.05) is 5.06 Å². The molecule has 0 radical (unpaired) electrons. The van der Waals surface area contributed by atoms with E-state index in [0.29, 0.717) is 31.7 Å². The molecule has 0 aliphatic heterocycles. The average molecular weight is 744 g/mol. The molecule has 5 saturated carbocycles. The summed E-state index contributed by atoms with van der Waals surface area (Å²) in [6, 6.07) is 0.373. The molecule has 6 N–H and O–H groups in total. The summed E-state index contributed by atoms with van der Waals surface area (Å²) < 4.78 is 5.92. The summed E-state index contributed by atoms with van der Waals surface area (Å²) in [6.45, 7) is 6.35. The van der Waals surface area contributed by atoms with Gasteiger partial charge < -0.3 is 21.2 Å². The van der Waals surface area contributed by atoms with Crippen LogP contribution < -0.4 is 0 Å². The molecule has 312 valence electrons. The van der Waals surface area contributed by atoms with Crippen LogP contribution in [0, 0.1) is 47.3 Å². The lowest BCUT2D eigenvalue weighted by Crippen LogP contribution is -2.40. The zero-order valence-electron chi connectivity index (χ0n) is 33.9. The van der Waals surface area contributed by atoms with E-state index in [2.05, 4.69) is 13.8 Å². The zero-order valence-corrected chi connectivity index (χ0v) is 33.9. The summed E-state index contributed by atoms with van der Waals surface area (Å²) in [7, 11) is 0. The van der Waals surface area contributed by atoms with Gasteiger partial charge in [0.2, 0.25) is 0 Å². The first-order valence-electron chi connectivity index (χ1n) is 22.4. The number of esters is 1. The summed E-state index contributed by atoms with van der Waals surface area (Å²) >= 11 is 0. The standard InChI is InChI=1S/C44H79NO4.3H2O.2H2/c1-3-5-8-12-35-16-22-38(23-17-35)40-26-20-37(21-27-40)34-48-49-45(43-14-10-7-11-15-43)32-33-47-44(46)42-30-28-41(29-31-42)39-24-18-36(19-25-39)13-9-6-4-2;;;;;/h35-43H,3-34H2,1-2H3;3*1H2;2*1H. The lowest BCUT2D eigenvalue weighted by molar-refractivity contribution is -0.442. The Kier molecular flexibility index (Phi) is 24.5. The second kappa shape index (κ2) is 26.9. The predicted molar refractivity (Wildman–Crippen MR) is 217 cm³/mol. The van der Waals surface area contributed by atoms with Gasteiger partial charge in [-0.1, -0.05) is 110 Å². The maximum absolute atomic E-state index is 13.1. The summed E-state index contributed by atoms with van der Waals surface area (Å²) in [6.07, 6.45) is 38.9. The number of ether oxygens (including phenoxy) is 1. The first-order chi connectivity index (χ1) is 24.1. The summed E-state index contributed by atoms with van der Waals surface area (Å²) in [4.78, 5) is 25.2. The molecule has 8 heteroatoms. The van der Waals surface area contributed by atoms with Gasteiger partial charge in [-0.05, 0) is 131 Å². The maximum atomic E-state index is 13.1. The fraction of sp³-hybridized carbons (Fsp3) is 0.977. The Morgan fingerprint density at radius 2 is 1.00 bits per heavy atom. The second-order valence-corrected chi connectivity index (χ2v) is 17.9. The van der Waals surface area contributed by atoms with Crippen molar-refractivity contribution in [2.75, 3.05) is 19.8 Å². The van der Waals surface area contributed by atoms with Crippen LogP contribution in [0.3, 0.4) is 0 Å². The summed E-state index contributed by atoms with van der Waals surface area (Å²) in [5.41, 5.74) is 0. The van der Waals surface area contributed by atoms with E-state index in [0.717, 1.165) is 61.2 Å². The van der Waals surface area contributed by atoms with Crippen LogP contribution in [0.1, 0.15) is 203 Å². The van der Waals surface area contributed by atoms with E-state index >= 15 is 0 Å². The highest BCUT2D eigenvalue weighted by Gasteiger charge is 2.34. The van der Waals surface area contributed by atoms with Gasteiger partial charge in [-0.15, -0.1) is 4.99 Å². The molecule has 0 heterocycles.